The highest BCUT2D eigenvalue weighted by Gasteiger charge is 2.13. The molecule has 0 bridgehead atoms. The fourth-order valence-electron chi connectivity index (χ4n) is 2.45. The molecule has 124 valence electrons. The Morgan fingerprint density at radius 1 is 1.04 bits per heavy atom. The number of halogens is 1. The minimum absolute atomic E-state index is 0.0740. The van der Waals surface area contributed by atoms with Gasteiger partial charge in [-0.3, -0.25) is 4.79 Å². The van der Waals surface area contributed by atoms with Crippen molar-refractivity contribution < 1.29 is 18.3 Å². The molecule has 0 aliphatic carbocycles. The second kappa shape index (κ2) is 6.35. The summed E-state index contributed by atoms with van der Waals surface area (Å²) in [6, 6.07) is 11.1. The average Bonchev–Trinajstić information content (AvgIpc) is 2.54. The minimum atomic E-state index is -0.662. The van der Waals surface area contributed by atoms with Gasteiger partial charge < -0.3 is 13.9 Å². The van der Waals surface area contributed by atoms with Crippen LogP contribution in [-0.4, -0.2) is 13.2 Å². The molecule has 1 heterocycles. The second-order valence-electron chi connectivity index (χ2n) is 5.65. The molecule has 0 aliphatic heterocycles. The molecule has 2 aromatic carbocycles. The predicted molar refractivity (Wildman–Crippen MR) is 90.2 cm³/mol. The van der Waals surface area contributed by atoms with Crippen molar-refractivity contribution in [3.63, 3.8) is 0 Å². The highest BCUT2D eigenvalue weighted by atomic mass is 19.1. The summed E-state index contributed by atoms with van der Waals surface area (Å²) in [6.45, 7) is 3.89. The summed E-state index contributed by atoms with van der Waals surface area (Å²) in [4.78, 5) is 12.2. The van der Waals surface area contributed by atoms with Gasteiger partial charge in [-0.15, -0.1) is 0 Å². The normalized spacial score (nSPS) is 11.0. The molecule has 0 spiro atoms. The summed E-state index contributed by atoms with van der Waals surface area (Å²) >= 11 is 0. The number of hydrogen-bond acceptors (Lipinski definition) is 4. The molecule has 5 heteroatoms. The van der Waals surface area contributed by atoms with Crippen LogP contribution in [0.25, 0.3) is 22.3 Å². The predicted octanol–water partition coefficient (Wildman–Crippen LogP) is 4.39. The van der Waals surface area contributed by atoms with E-state index in [-0.39, 0.29) is 17.1 Å². The van der Waals surface area contributed by atoms with Crippen LogP contribution in [0.2, 0.25) is 0 Å². The number of rotatable bonds is 4. The topological polar surface area (TPSA) is 48.7 Å². The molecule has 0 radical (unpaired) electrons. The summed E-state index contributed by atoms with van der Waals surface area (Å²) in [6.07, 6.45) is 0.0740. The lowest BCUT2D eigenvalue weighted by Gasteiger charge is -2.10. The Balaban J connectivity index is 2.08. The third kappa shape index (κ3) is 3.11. The van der Waals surface area contributed by atoms with Crippen LogP contribution in [0.1, 0.15) is 13.8 Å². The molecule has 0 amide bonds. The third-order valence-corrected chi connectivity index (χ3v) is 3.50. The van der Waals surface area contributed by atoms with Gasteiger partial charge in [-0.05, 0) is 38.1 Å². The quantitative estimate of drug-likeness (QED) is 0.712. The Morgan fingerprint density at radius 2 is 1.75 bits per heavy atom. The highest BCUT2D eigenvalue weighted by molar-refractivity contribution is 5.80. The Labute approximate surface area is 138 Å². The van der Waals surface area contributed by atoms with Gasteiger partial charge in [-0.1, -0.05) is 0 Å². The lowest BCUT2D eigenvalue weighted by atomic mass is 10.1. The Kier molecular flexibility index (Phi) is 4.25. The van der Waals surface area contributed by atoms with Gasteiger partial charge >= 0.3 is 0 Å². The zero-order valence-electron chi connectivity index (χ0n) is 13.6. The number of ether oxygens (including phenoxy) is 2. The fourth-order valence-corrected chi connectivity index (χ4v) is 2.45. The Bertz CT molecular complexity index is 926. The molecule has 0 fully saturated rings. The standard InChI is InChI=1S/C19H17FO4/c1-11(2)23-13-6-4-12(5-7-13)17-10-16(21)19-15(20)8-14(22-3)9-18(19)24-17/h4-11H,1-3H3. The highest BCUT2D eigenvalue weighted by Crippen LogP contribution is 2.28. The van der Waals surface area contributed by atoms with E-state index in [1.807, 2.05) is 13.8 Å². The molecule has 0 aliphatic rings. The molecule has 24 heavy (non-hydrogen) atoms. The number of fused-ring (bicyclic) bond motifs is 1. The van der Waals surface area contributed by atoms with Gasteiger partial charge in [0, 0.05) is 23.8 Å². The summed E-state index contributed by atoms with van der Waals surface area (Å²) in [5.41, 5.74) is 0.416. The Morgan fingerprint density at radius 3 is 2.38 bits per heavy atom. The molecule has 4 nitrogen and oxygen atoms in total. The number of hydrogen-bond donors (Lipinski definition) is 0. The third-order valence-electron chi connectivity index (χ3n) is 3.50. The van der Waals surface area contributed by atoms with Crippen molar-refractivity contribution in [2.24, 2.45) is 0 Å². The second-order valence-corrected chi connectivity index (χ2v) is 5.65. The van der Waals surface area contributed by atoms with Crippen LogP contribution in [0, 0.1) is 5.82 Å². The van der Waals surface area contributed by atoms with Crippen molar-refractivity contribution in [2.75, 3.05) is 7.11 Å². The molecular weight excluding hydrogens is 311 g/mol. The first kappa shape index (κ1) is 16.1. The van der Waals surface area contributed by atoms with Crippen LogP contribution >= 0.6 is 0 Å². The van der Waals surface area contributed by atoms with Gasteiger partial charge in [0.1, 0.15) is 34.0 Å². The SMILES string of the molecule is COc1cc(F)c2c(=O)cc(-c3ccc(OC(C)C)cc3)oc2c1. The lowest BCUT2D eigenvalue weighted by molar-refractivity contribution is 0.242. The smallest absolute Gasteiger partial charge is 0.196 e. The van der Waals surface area contributed by atoms with E-state index in [1.54, 1.807) is 24.3 Å². The van der Waals surface area contributed by atoms with Crippen molar-refractivity contribution in [3.8, 4) is 22.8 Å². The summed E-state index contributed by atoms with van der Waals surface area (Å²) in [7, 11) is 1.43. The summed E-state index contributed by atoms with van der Waals surface area (Å²) in [5, 5.41) is -0.0840. The largest absolute Gasteiger partial charge is 0.497 e. The van der Waals surface area contributed by atoms with Crippen LogP contribution in [-0.2, 0) is 0 Å². The first-order chi connectivity index (χ1) is 11.5. The first-order valence-electron chi connectivity index (χ1n) is 7.56. The van der Waals surface area contributed by atoms with Crippen LogP contribution in [0.15, 0.2) is 51.7 Å². The minimum Gasteiger partial charge on any atom is -0.497 e. The number of methoxy groups -OCH3 is 1. The molecule has 0 saturated heterocycles. The summed E-state index contributed by atoms with van der Waals surface area (Å²) in [5.74, 6) is 0.715. The van der Waals surface area contributed by atoms with Crippen LogP contribution in [0.4, 0.5) is 4.39 Å². The summed E-state index contributed by atoms with van der Waals surface area (Å²) < 4.78 is 30.4. The van der Waals surface area contributed by atoms with Crippen molar-refractivity contribution in [1.29, 1.82) is 0 Å². The zero-order valence-corrected chi connectivity index (χ0v) is 13.6. The molecule has 1 aromatic heterocycles. The van der Waals surface area contributed by atoms with Gasteiger partial charge in [0.05, 0.1) is 13.2 Å². The first-order valence-corrected chi connectivity index (χ1v) is 7.56. The van der Waals surface area contributed by atoms with Crippen LogP contribution < -0.4 is 14.9 Å². The fraction of sp³-hybridized carbons (Fsp3) is 0.211. The van der Waals surface area contributed by atoms with Gasteiger partial charge in [0.25, 0.3) is 0 Å². The van der Waals surface area contributed by atoms with Gasteiger partial charge in [0.2, 0.25) is 0 Å². The van der Waals surface area contributed by atoms with E-state index in [0.717, 1.165) is 11.8 Å². The maximum Gasteiger partial charge on any atom is 0.196 e. The maximum atomic E-state index is 14.0. The van der Waals surface area contributed by atoms with Crippen LogP contribution in [0.3, 0.4) is 0 Å². The van der Waals surface area contributed by atoms with E-state index in [1.165, 1.54) is 19.2 Å². The van der Waals surface area contributed by atoms with Crippen molar-refractivity contribution in [2.45, 2.75) is 20.0 Å². The van der Waals surface area contributed by atoms with E-state index in [2.05, 4.69) is 0 Å². The van der Waals surface area contributed by atoms with E-state index in [9.17, 15) is 9.18 Å². The lowest BCUT2D eigenvalue weighted by Crippen LogP contribution is -2.05. The molecule has 0 atom stereocenters. The van der Waals surface area contributed by atoms with Gasteiger partial charge in [-0.2, -0.15) is 0 Å². The maximum absolute atomic E-state index is 14.0. The average molecular weight is 328 g/mol. The van der Waals surface area contributed by atoms with E-state index in [4.69, 9.17) is 13.9 Å². The molecule has 3 rings (SSSR count). The molecule has 3 aromatic rings. The molecular formula is C19H17FO4. The van der Waals surface area contributed by atoms with Crippen molar-refractivity contribution >= 4 is 11.0 Å². The molecule has 0 N–H and O–H groups in total. The van der Waals surface area contributed by atoms with Gasteiger partial charge in [0.15, 0.2) is 5.43 Å². The van der Waals surface area contributed by atoms with E-state index in [0.29, 0.717) is 17.1 Å². The van der Waals surface area contributed by atoms with Crippen LogP contribution in [0.5, 0.6) is 11.5 Å². The van der Waals surface area contributed by atoms with Crippen molar-refractivity contribution in [1.82, 2.24) is 0 Å². The molecule has 0 saturated carbocycles. The van der Waals surface area contributed by atoms with E-state index >= 15 is 0 Å². The Hall–Kier alpha value is -2.82. The molecule has 0 unspecified atom stereocenters. The van der Waals surface area contributed by atoms with E-state index < -0.39 is 11.2 Å². The van der Waals surface area contributed by atoms with Gasteiger partial charge in [-0.25, -0.2) is 4.39 Å². The number of benzene rings is 2. The zero-order chi connectivity index (χ0) is 17.3. The monoisotopic (exact) mass is 328 g/mol. The van der Waals surface area contributed by atoms with Crippen molar-refractivity contribution in [3.05, 3.63) is 58.5 Å².